The number of alkyl halides is 2. The Kier molecular flexibility index (Phi) is 6.45. The molecule has 0 aromatic heterocycles. The molecular weight excluding hydrogens is 356 g/mol. The number of nitrogens with one attached hydrogen (secondary N) is 1. The molecule has 0 saturated heterocycles. The Morgan fingerprint density at radius 3 is 2.54 bits per heavy atom. The second kappa shape index (κ2) is 8.35. The molecule has 0 heterocycles. The van der Waals surface area contributed by atoms with E-state index in [9.17, 15) is 13.6 Å². The molecule has 2 aromatic carbocycles. The summed E-state index contributed by atoms with van der Waals surface area (Å²) >= 11 is 7.48. The van der Waals surface area contributed by atoms with Gasteiger partial charge in [-0.3, -0.25) is 4.79 Å². The van der Waals surface area contributed by atoms with Crippen LogP contribution in [0, 0.1) is 0 Å². The van der Waals surface area contributed by atoms with Gasteiger partial charge in [-0.2, -0.15) is 8.78 Å². The summed E-state index contributed by atoms with van der Waals surface area (Å²) in [5.41, 5.74) is 0.941. The zero-order valence-corrected chi connectivity index (χ0v) is 14.6. The van der Waals surface area contributed by atoms with E-state index >= 15 is 0 Å². The quantitative estimate of drug-likeness (QED) is 0.662. The van der Waals surface area contributed by atoms with Gasteiger partial charge in [0.25, 0.3) is 5.91 Å². The third kappa shape index (κ3) is 5.11. The number of rotatable bonds is 6. The van der Waals surface area contributed by atoms with Crippen LogP contribution in [0.25, 0.3) is 0 Å². The maximum atomic E-state index is 12.5. The van der Waals surface area contributed by atoms with Crippen molar-refractivity contribution in [3.8, 4) is 5.75 Å². The van der Waals surface area contributed by atoms with Crippen molar-refractivity contribution < 1.29 is 18.3 Å². The van der Waals surface area contributed by atoms with E-state index in [1.807, 2.05) is 26.0 Å². The molecular formula is C17H16ClF2NO2S. The van der Waals surface area contributed by atoms with Crippen LogP contribution in [0.2, 0.25) is 5.02 Å². The Morgan fingerprint density at radius 2 is 1.92 bits per heavy atom. The minimum absolute atomic E-state index is 0.00191. The van der Waals surface area contributed by atoms with Gasteiger partial charge in [-0.1, -0.05) is 37.6 Å². The maximum Gasteiger partial charge on any atom is 0.387 e. The lowest BCUT2D eigenvalue weighted by Crippen LogP contribution is -2.13. The Balaban J connectivity index is 2.17. The minimum Gasteiger partial charge on any atom is -0.433 e. The highest BCUT2D eigenvalue weighted by Crippen LogP contribution is 2.30. The lowest BCUT2D eigenvalue weighted by atomic mass is 10.2. The van der Waals surface area contributed by atoms with Crippen molar-refractivity contribution in [2.45, 2.75) is 30.6 Å². The number of benzene rings is 2. The molecule has 3 nitrogen and oxygen atoms in total. The van der Waals surface area contributed by atoms with Gasteiger partial charge in [-0.15, -0.1) is 11.8 Å². The molecule has 0 radical (unpaired) electrons. The number of amides is 1. The molecule has 0 unspecified atom stereocenters. The summed E-state index contributed by atoms with van der Waals surface area (Å²) < 4.78 is 28.7. The molecule has 2 rings (SSSR count). The number of thioether (sulfide) groups is 1. The monoisotopic (exact) mass is 371 g/mol. The summed E-state index contributed by atoms with van der Waals surface area (Å²) in [7, 11) is 0. The average molecular weight is 372 g/mol. The normalized spacial score (nSPS) is 11.0. The zero-order valence-electron chi connectivity index (χ0n) is 13.1. The van der Waals surface area contributed by atoms with Crippen molar-refractivity contribution in [2.24, 2.45) is 0 Å². The van der Waals surface area contributed by atoms with Crippen LogP contribution < -0.4 is 10.1 Å². The SMILES string of the molecule is CC(C)Sc1ccccc1C(=O)Nc1ccc(OC(F)F)c(Cl)c1. The van der Waals surface area contributed by atoms with Crippen molar-refractivity contribution >= 4 is 35.0 Å². The second-order valence-corrected chi connectivity index (χ2v) is 7.17. The fourth-order valence-electron chi connectivity index (χ4n) is 1.98. The molecule has 0 spiro atoms. The van der Waals surface area contributed by atoms with Gasteiger partial charge in [-0.05, 0) is 30.3 Å². The highest BCUT2D eigenvalue weighted by Gasteiger charge is 2.14. The predicted octanol–water partition coefficient (Wildman–Crippen LogP) is 5.69. The van der Waals surface area contributed by atoms with E-state index in [1.54, 1.807) is 23.9 Å². The zero-order chi connectivity index (χ0) is 17.7. The molecule has 1 amide bonds. The molecule has 128 valence electrons. The van der Waals surface area contributed by atoms with Gasteiger partial charge >= 0.3 is 6.61 Å². The van der Waals surface area contributed by atoms with Crippen LogP contribution in [0.5, 0.6) is 5.75 Å². The molecule has 7 heteroatoms. The molecule has 0 aliphatic heterocycles. The van der Waals surface area contributed by atoms with Gasteiger partial charge in [0.2, 0.25) is 0 Å². The molecule has 0 aliphatic rings. The van der Waals surface area contributed by atoms with E-state index in [4.69, 9.17) is 11.6 Å². The number of halogens is 3. The topological polar surface area (TPSA) is 38.3 Å². The molecule has 0 aliphatic carbocycles. The summed E-state index contributed by atoms with van der Waals surface area (Å²) in [6.07, 6.45) is 0. The van der Waals surface area contributed by atoms with Crippen molar-refractivity contribution in [1.29, 1.82) is 0 Å². The van der Waals surface area contributed by atoms with Crippen LogP contribution in [-0.4, -0.2) is 17.8 Å². The van der Waals surface area contributed by atoms with E-state index in [0.717, 1.165) is 4.90 Å². The standard InChI is InChI=1S/C17H16ClF2NO2S/c1-10(2)24-15-6-4-3-5-12(15)16(22)21-11-7-8-14(13(18)9-11)23-17(19)20/h3-10,17H,1-2H3,(H,21,22). The summed E-state index contributed by atoms with van der Waals surface area (Å²) in [6.45, 7) is 1.13. The smallest absolute Gasteiger partial charge is 0.387 e. The molecule has 0 bridgehead atoms. The molecule has 2 aromatic rings. The van der Waals surface area contributed by atoms with Crippen molar-refractivity contribution in [3.05, 3.63) is 53.1 Å². The molecule has 0 fully saturated rings. The van der Waals surface area contributed by atoms with Crippen LogP contribution in [-0.2, 0) is 0 Å². The summed E-state index contributed by atoms with van der Waals surface area (Å²) in [5.74, 6) is -0.433. The third-order valence-corrected chi connectivity index (χ3v) is 4.28. The first kappa shape index (κ1) is 18.5. The van der Waals surface area contributed by atoms with Crippen LogP contribution >= 0.6 is 23.4 Å². The van der Waals surface area contributed by atoms with Gasteiger partial charge in [0.1, 0.15) is 5.75 Å². The highest BCUT2D eigenvalue weighted by molar-refractivity contribution is 8.00. The molecule has 1 N–H and O–H groups in total. The Hall–Kier alpha value is -1.79. The number of hydrogen-bond donors (Lipinski definition) is 1. The molecule has 24 heavy (non-hydrogen) atoms. The van der Waals surface area contributed by atoms with Gasteiger partial charge in [-0.25, -0.2) is 0 Å². The first-order valence-electron chi connectivity index (χ1n) is 7.18. The van der Waals surface area contributed by atoms with Crippen LogP contribution in [0.3, 0.4) is 0 Å². The fourth-order valence-corrected chi connectivity index (χ4v) is 3.16. The lowest BCUT2D eigenvalue weighted by Gasteiger charge is -2.12. The average Bonchev–Trinajstić information content (AvgIpc) is 2.49. The van der Waals surface area contributed by atoms with Crippen molar-refractivity contribution in [2.75, 3.05) is 5.32 Å². The number of carbonyl (C=O) groups excluding carboxylic acids is 1. The van der Waals surface area contributed by atoms with Gasteiger partial charge in [0.15, 0.2) is 0 Å². The predicted molar refractivity (Wildman–Crippen MR) is 93.5 cm³/mol. The van der Waals surface area contributed by atoms with Crippen molar-refractivity contribution in [3.63, 3.8) is 0 Å². The van der Waals surface area contributed by atoms with Gasteiger partial charge in [0, 0.05) is 15.8 Å². The number of hydrogen-bond acceptors (Lipinski definition) is 3. The van der Waals surface area contributed by atoms with Crippen LogP contribution in [0.1, 0.15) is 24.2 Å². The first-order chi connectivity index (χ1) is 11.4. The Labute approximate surface area is 148 Å². The largest absolute Gasteiger partial charge is 0.433 e. The van der Waals surface area contributed by atoms with E-state index < -0.39 is 6.61 Å². The summed E-state index contributed by atoms with van der Waals surface area (Å²) in [6, 6.07) is 11.4. The van der Waals surface area contributed by atoms with Gasteiger partial charge in [0.05, 0.1) is 10.6 Å². The van der Waals surface area contributed by atoms with E-state index in [1.165, 1.54) is 18.2 Å². The Bertz CT molecular complexity index is 725. The molecule has 0 saturated carbocycles. The van der Waals surface area contributed by atoms with Gasteiger partial charge < -0.3 is 10.1 Å². The third-order valence-electron chi connectivity index (χ3n) is 2.90. The lowest BCUT2D eigenvalue weighted by molar-refractivity contribution is -0.0497. The van der Waals surface area contributed by atoms with E-state index in [2.05, 4.69) is 10.1 Å². The number of anilines is 1. The fraction of sp³-hybridized carbons (Fsp3) is 0.235. The maximum absolute atomic E-state index is 12.5. The number of carbonyl (C=O) groups is 1. The number of ether oxygens (including phenoxy) is 1. The summed E-state index contributed by atoms with van der Waals surface area (Å²) in [5, 5.41) is 3.04. The minimum atomic E-state index is -2.96. The van der Waals surface area contributed by atoms with E-state index in [-0.39, 0.29) is 16.7 Å². The highest BCUT2D eigenvalue weighted by atomic mass is 35.5. The van der Waals surface area contributed by atoms with E-state index in [0.29, 0.717) is 16.5 Å². The first-order valence-corrected chi connectivity index (χ1v) is 8.44. The summed E-state index contributed by atoms with van der Waals surface area (Å²) in [4.78, 5) is 13.3. The van der Waals surface area contributed by atoms with Crippen LogP contribution in [0.15, 0.2) is 47.4 Å². The second-order valence-electron chi connectivity index (χ2n) is 5.14. The van der Waals surface area contributed by atoms with Crippen LogP contribution in [0.4, 0.5) is 14.5 Å². The van der Waals surface area contributed by atoms with Crippen molar-refractivity contribution in [1.82, 2.24) is 0 Å². The Morgan fingerprint density at radius 1 is 1.21 bits per heavy atom. The molecule has 0 atom stereocenters.